The lowest BCUT2D eigenvalue weighted by molar-refractivity contribution is -0.384. The van der Waals surface area contributed by atoms with Crippen molar-refractivity contribution in [1.82, 2.24) is 10.2 Å². The van der Waals surface area contributed by atoms with E-state index in [1.807, 2.05) is 6.07 Å². The van der Waals surface area contributed by atoms with Gasteiger partial charge in [0, 0.05) is 38.3 Å². The SMILES string of the molecule is CCC[C@H](c1ccc(Cl)c([N+](=O)[O-])c1)N1CCNCC1.Cl.Cl. The van der Waals surface area contributed by atoms with E-state index < -0.39 is 4.92 Å². The highest BCUT2D eigenvalue weighted by Gasteiger charge is 2.24. The summed E-state index contributed by atoms with van der Waals surface area (Å²) in [5, 5.41) is 14.6. The molecule has 0 amide bonds. The molecule has 0 radical (unpaired) electrons. The molecule has 1 aliphatic rings. The van der Waals surface area contributed by atoms with Crippen LogP contribution in [0, 0.1) is 10.1 Å². The summed E-state index contributed by atoms with van der Waals surface area (Å²) in [6, 6.07) is 5.42. The second-order valence-electron chi connectivity index (χ2n) is 5.06. The highest BCUT2D eigenvalue weighted by molar-refractivity contribution is 6.32. The van der Waals surface area contributed by atoms with E-state index in [-0.39, 0.29) is 41.6 Å². The van der Waals surface area contributed by atoms with E-state index in [2.05, 4.69) is 17.1 Å². The standard InChI is InChI=1S/C14H20ClN3O2.2ClH/c1-2-3-13(17-8-6-16-7-9-17)11-4-5-12(15)14(10-11)18(19)20;;/h4-5,10,13,16H,2-3,6-9H2,1H3;2*1H/t13-;;/m1../s1. The minimum Gasteiger partial charge on any atom is -0.314 e. The van der Waals surface area contributed by atoms with Gasteiger partial charge in [-0.25, -0.2) is 0 Å². The van der Waals surface area contributed by atoms with Gasteiger partial charge in [-0.2, -0.15) is 0 Å². The van der Waals surface area contributed by atoms with E-state index in [4.69, 9.17) is 11.6 Å². The highest BCUT2D eigenvalue weighted by Crippen LogP contribution is 2.32. The van der Waals surface area contributed by atoms with Gasteiger partial charge in [-0.1, -0.05) is 31.0 Å². The van der Waals surface area contributed by atoms with Crippen molar-refractivity contribution >= 4 is 42.1 Å². The molecule has 2 rings (SSSR count). The molecule has 126 valence electrons. The monoisotopic (exact) mass is 369 g/mol. The molecular formula is C14H22Cl3N3O2. The number of nitro benzene ring substituents is 1. The number of halogens is 3. The van der Waals surface area contributed by atoms with Crippen LogP contribution in [0.1, 0.15) is 31.4 Å². The molecule has 8 heteroatoms. The number of hydrogen-bond donors (Lipinski definition) is 1. The van der Waals surface area contributed by atoms with Crippen molar-refractivity contribution in [3.63, 3.8) is 0 Å². The van der Waals surface area contributed by atoms with Gasteiger partial charge < -0.3 is 5.32 Å². The van der Waals surface area contributed by atoms with E-state index in [1.54, 1.807) is 12.1 Å². The molecule has 1 atom stereocenters. The van der Waals surface area contributed by atoms with Crippen LogP contribution in [0.25, 0.3) is 0 Å². The zero-order valence-electron chi connectivity index (χ0n) is 12.5. The number of rotatable bonds is 5. The molecule has 0 spiro atoms. The zero-order chi connectivity index (χ0) is 14.5. The topological polar surface area (TPSA) is 58.4 Å². The van der Waals surface area contributed by atoms with Gasteiger partial charge in [-0.3, -0.25) is 15.0 Å². The van der Waals surface area contributed by atoms with Crippen LogP contribution in [0.5, 0.6) is 0 Å². The van der Waals surface area contributed by atoms with Gasteiger partial charge in [-0.05, 0) is 18.1 Å². The first kappa shape index (κ1) is 21.4. The predicted molar refractivity (Wildman–Crippen MR) is 94.7 cm³/mol. The van der Waals surface area contributed by atoms with Crippen molar-refractivity contribution in [1.29, 1.82) is 0 Å². The Kier molecular flexibility index (Phi) is 9.96. The number of piperazine rings is 1. The number of hydrogen-bond acceptors (Lipinski definition) is 4. The van der Waals surface area contributed by atoms with Gasteiger partial charge in [0.2, 0.25) is 0 Å². The molecule has 1 fully saturated rings. The fourth-order valence-corrected chi connectivity index (χ4v) is 2.89. The van der Waals surface area contributed by atoms with Crippen molar-refractivity contribution in [2.45, 2.75) is 25.8 Å². The third-order valence-electron chi connectivity index (χ3n) is 3.71. The fraction of sp³-hybridized carbons (Fsp3) is 0.571. The first-order chi connectivity index (χ1) is 9.63. The smallest absolute Gasteiger partial charge is 0.288 e. The molecule has 1 heterocycles. The van der Waals surface area contributed by atoms with Crippen molar-refractivity contribution in [3.8, 4) is 0 Å². The van der Waals surface area contributed by atoms with E-state index in [0.717, 1.165) is 44.6 Å². The first-order valence-corrected chi connectivity index (χ1v) is 7.40. The Bertz CT molecular complexity index is 482. The van der Waals surface area contributed by atoms with Gasteiger partial charge in [0.1, 0.15) is 5.02 Å². The summed E-state index contributed by atoms with van der Waals surface area (Å²) in [5.74, 6) is 0. The maximum absolute atomic E-state index is 11.0. The second kappa shape index (κ2) is 10.2. The normalized spacial score (nSPS) is 16.3. The molecule has 1 aromatic rings. The minimum absolute atomic E-state index is 0. The Morgan fingerprint density at radius 2 is 2.00 bits per heavy atom. The molecule has 1 N–H and O–H groups in total. The Labute approximate surface area is 148 Å². The molecule has 1 saturated heterocycles. The second-order valence-corrected chi connectivity index (χ2v) is 5.47. The van der Waals surface area contributed by atoms with Crippen LogP contribution < -0.4 is 5.32 Å². The third-order valence-corrected chi connectivity index (χ3v) is 4.03. The maximum Gasteiger partial charge on any atom is 0.288 e. The van der Waals surface area contributed by atoms with Crippen LogP contribution in [-0.4, -0.2) is 36.0 Å². The van der Waals surface area contributed by atoms with E-state index >= 15 is 0 Å². The highest BCUT2D eigenvalue weighted by atomic mass is 35.5. The lowest BCUT2D eigenvalue weighted by Gasteiger charge is -2.35. The summed E-state index contributed by atoms with van der Waals surface area (Å²) in [6.07, 6.45) is 2.05. The largest absolute Gasteiger partial charge is 0.314 e. The van der Waals surface area contributed by atoms with Crippen LogP contribution in [0.3, 0.4) is 0 Å². The summed E-state index contributed by atoms with van der Waals surface area (Å²) < 4.78 is 0. The molecule has 1 aliphatic heterocycles. The lowest BCUT2D eigenvalue weighted by atomic mass is 9.99. The molecule has 0 saturated carbocycles. The van der Waals surface area contributed by atoms with Gasteiger partial charge in [0.05, 0.1) is 4.92 Å². The third kappa shape index (κ3) is 5.25. The summed E-state index contributed by atoms with van der Waals surface area (Å²) in [7, 11) is 0. The van der Waals surface area contributed by atoms with Crippen molar-refractivity contribution in [2.24, 2.45) is 0 Å². The van der Waals surface area contributed by atoms with E-state index in [9.17, 15) is 10.1 Å². The van der Waals surface area contributed by atoms with Gasteiger partial charge in [0.15, 0.2) is 0 Å². The Morgan fingerprint density at radius 3 is 2.55 bits per heavy atom. The van der Waals surface area contributed by atoms with Crippen LogP contribution in [0.2, 0.25) is 5.02 Å². The van der Waals surface area contributed by atoms with Gasteiger partial charge in [-0.15, -0.1) is 24.8 Å². The summed E-state index contributed by atoms with van der Waals surface area (Å²) >= 11 is 5.89. The van der Waals surface area contributed by atoms with Gasteiger partial charge in [0.25, 0.3) is 5.69 Å². The van der Waals surface area contributed by atoms with Gasteiger partial charge >= 0.3 is 0 Å². The molecule has 0 aliphatic carbocycles. The molecular weight excluding hydrogens is 349 g/mol. The van der Waals surface area contributed by atoms with Crippen LogP contribution >= 0.6 is 36.4 Å². The molecule has 0 unspecified atom stereocenters. The Hall–Kier alpha value is -0.590. The molecule has 1 aromatic carbocycles. The molecule has 5 nitrogen and oxygen atoms in total. The molecule has 22 heavy (non-hydrogen) atoms. The number of nitrogens with one attached hydrogen (secondary N) is 1. The number of nitro groups is 1. The van der Waals surface area contributed by atoms with Crippen molar-refractivity contribution < 1.29 is 4.92 Å². The summed E-state index contributed by atoms with van der Waals surface area (Å²) in [4.78, 5) is 13.0. The van der Waals surface area contributed by atoms with Crippen LogP contribution in [-0.2, 0) is 0 Å². The summed E-state index contributed by atoms with van der Waals surface area (Å²) in [5.41, 5.74) is 0.991. The Morgan fingerprint density at radius 1 is 1.36 bits per heavy atom. The van der Waals surface area contributed by atoms with Crippen LogP contribution in [0.15, 0.2) is 18.2 Å². The van der Waals surface area contributed by atoms with Crippen molar-refractivity contribution in [2.75, 3.05) is 26.2 Å². The number of nitrogens with zero attached hydrogens (tertiary/aromatic N) is 2. The first-order valence-electron chi connectivity index (χ1n) is 7.02. The average Bonchev–Trinajstić information content (AvgIpc) is 2.46. The van der Waals surface area contributed by atoms with Crippen molar-refractivity contribution in [3.05, 3.63) is 38.9 Å². The molecule has 0 bridgehead atoms. The maximum atomic E-state index is 11.0. The lowest BCUT2D eigenvalue weighted by Crippen LogP contribution is -2.45. The fourth-order valence-electron chi connectivity index (χ4n) is 2.70. The van der Waals surface area contributed by atoms with Crippen LogP contribution in [0.4, 0.5) is 5.69 Å². The number of benzene rings is 1. The van der Waals surface area contributed by atoms with E-state index in [1.165, 1.54) is 0 Å². The average molecular weight is 371 g/mol. The zero-order valence-corrected chi connectivity index (χ0v) is 14.8. The predicted octanol–water partition coefficient (Wildman–Crippen LogP) is 3.84. The molecule has 0 aromatic heterocycles. The Balaban J connectivity index is 0.00000220. The summed E-state index contributed by atoms with van der Waals surface area (Å²) in [6.45, 7) is 6.02. The minimum atomic E-state index is -0.410. The van der Waals surface area contributed by atoms with E-state index in [0.29, 0.717) is 0 Å². The quantitative estimate of drug-likeness (QED) is 0.632.